The number of benzene rings is 4. The minimum absolute atomic E-state index is 0.00522. The molecule has 0 fully saturated rings. The molecule has 0 aliphatic carbocycles. The molecule has 0 atom stereocenters. The molecule has 4 aromatic carbocycles. The Labute approximate surface area is 320 Å². The Morgan fingerprint density at radius 1 is 0.482 bits per heavy atom. The van der Waals surface area contributed by atoms with E-state index < -0.39 is 118 Å². The normalized spacial score (nSPS) is 12.6. The van der Waals surface area contributed by atoms with Gasteiger partial charge in [0.05, 0.1) is 57.0 Å². The van der Waals surface area contributed by atoms with Gasteiger partial charge in [-0.05, 0) is 66.0 Å². The van der Waals surface area contributed by atoms with Gasteiger partial charge in [-0.25, -0.2) is 25.2 Å². The van der Waals surface area contributed by atoms with Gasteiger partial charge in [-0.2, -0.15) is 33.7 Å². The number of nitrogen functional groups attached to an aromatic ring is 5. The molecule has 0 saturated heterocycles. The second kappa shape index (κ2) is 17.7. The quantitative estimate of drug-likeness (QED) is 0.0487. The van der Waals surface area contributed by atoms with Gasteiger partial charge in [-0.1, -0.05) is 0 Å². The second-order valence-corrected chi connectivity index (χ2v) is 19.8. The number of phenolic OH excluding ortho intramolecular Hbond substituents is 1. The van der Waals surface area contributed by atoms with Crippen molar-refractivity contribution in [3.8, 4) is 5.75 Å². The zero-order chi connectivity index (χ0) is 43.2. The van der Waals surface area contributed by atoms with Gasteiger partial charge < -0.3 is 33.8 Å². The smallest absolute Gasteiger partial charge is 0.397 e. The van der Waals surface area contributed by atoms with Crippen LogP contribution in [0.15, 0.2) is 80.2 Å². The van der Waals surface area contributed by atoms with Gasteiger partial charge in [0.2, 0.25) is 0 Å². The minimum Gasteiger partial charge on any atom is -0.505 e. The first kappa shape index (κ1) is 47.6. The molecule has 0 radical (unpaired) electrons. The Morgan fingerprint density at radius 3 is 1.11 bits per heavy atom. The number of hydrogen-bond donors (Lipinski definition) is 10. The van der Waals surface area contributed by atoms with Crippen molar-refractivity contribution in [3.05, 3.63) is 60.7 Å². The van der Waals surface area contributed by atoms with E-state index >= 15 is 0 Å². The molecular formula is C26H33N5O19S6. The molecule has 0 aliphatic heterocycles. The molecule has 0 aliphatic rings. The van der Waals surface area contributed by atoms with Gasteiger partial charge in [0.25, 0.3) is 20.2 Å². The van der Waals surface area contributed by atoms with E-state index in [-0.39, 0.29) is 20.6 Å². The van der Waals surface area contributed by atoms with Crippen LogP contribution in [-0.2, 0) is 69.1 Å². The third-order valence-corrected chi connectivity index (χ3v) is 12.8. The molecule has 4 aromatic rings. The summed E-state index contributed by atoms with van der Waals surface area (Å²) in [6.45, 7) is -1.29. The SMILES string of the molecule is Nc1c(S(=O)(=O)O)cc2cc(S(=O)(=O)O)c(N)c(O)c2c1N.Nc1ccc(S(=O)(=O)CCOS(=O)(=O)O)cc1.Nc1ccc(S(=O)(=O)CCOS(=O)(=O)O)cc1. The van der Waals surface area contributed by atoms with Gasteiger partial charge in [0, 0.05) is 11.4 Å². The van der Waals surface area contributed by atoms with E-state index in [1.807, 2.05) is 0 Å². The van der Waals surface area contributed by atoms with Crippen molar-refractivity contribution in [2.45, 2.75) is 19.6 Å². The van der Waals surface area contributed by atoms with E-state index in [9.17, 15) is 55.6 Å². The molecule has 4 rings (SSSR count). The molecular weight excluding hydrogens is 879 g/mol. The summed E-state index contributed by atoms with van der Waals surface area (Å²) in [7, 11) is -26.1. The number of nitrogens with two attached hydrogens (primary N) is 5. The number of rotatable bonds is 12. The molecule has 0 amide bonds. The highest BCUT2D eigenvalue weighted by molar-refractivity contribution is 7.91. The molecule has 0 saturated carbocycles. The van der Waals surface area contributed by atoms with Gasteiger partial charge in [-0.3, -0.25) is 18.2 Å². The van der Waals surface area contributed by atoms with Crippen molar-refractivity contribution in [1.82, 2.24) is 0 Å². The Bertz CT molecular complexity index is 2580. The summed E-state index contributed by atoms with van der Waals surface area (Å²) in [6, 6.07) is 12.5. The van der Waals surface area contributed by atoms with E-state index in [0.29, 0.717) is 11.4 Å². The summed E-state index contributed by atoms with van der Waals surface area (Å²) in [5, 5.41) is 9.53. The van der Waals surface area contributed by atoms with Crippen molar-refractivity contribution in [3.63, 3.8) is 0 Å². The molecule has 30 heteroatoms. The molecule has 56 heavy (non-hydrogen) atoms. The lowest BCUT2D eigenvalue weighted by atomic mass is 10.1. The summed E-state index contributed by atoms with van der Waals surface area (Å²) in [6.07, 6.45) is 0. The van der Waals surface area contributed by atoms with E-state index in [2.05, 4.69) is 8.37 Å². The Morgan fingerprint density at radius 2 is 0.804 bits per heavy atom. The average Bonchev–Trinajstić information content (AvgIpc) is 3.02. The standard InChI is InChI=1S/C10H11N3O7S2.2C8H11NO6S2/c11-7-4(21(15,16)17)1-3-2-5(22(18,19)20)8(12)10(14)6(3)9(7)13;2*9-7-1-3-8(4-2-7)16(10,11)6-5-15-17(12,13)14/h1-2,14H,11-13H2,(H,15,16,17)(H,18,19,20);2*1-4H,5-6,9H2,(H,12,13,14). The molecule has 0 aromatic heterocycles. The highest BCUT2D eigenvalue weighted by Crippen LogP contribution is 2.43. The number of fused-ring (bicyclic) bond motifs is 1. The number of sulfone groups is 2. The first-order chi connectivity index (χ1) is 25.3. The van der Waals surface area contributed by atoms with Gasteiger partial charge >= 0.3 is 20.8 Å². The zero-order valence-corrected chi connectivity index (χ0v) is 32.8. The number of phenols is 1. The first-order valence-electron chi connectivity index (χ1n) is 14.2. The maximum absolute atomic E-state index is 11.6. The lowest BCUT2D eigenvalue weighted by Gasteiger charge is -2.14. The number of hydrogen-bond acceptors (Lipinski definition) is 20. The van der Waals surface area contributed by atoms with Gasteiger partial charge in [0.1, 0.15) is 15.5 Å². The number of aromatic hydroxyl groups is 1. The topological polar surface area (TPSA) is 455 Å². The molecule has 0 heterocycles. The van der Waals surface area contributed by atoms with E-state index in [1.54, 1.807) is 0 Å². The van der Waals surface area contributed by atoms with Crippen LogP contribution >= 0.6 is 0 Å². The monoisotopic (exact) mass is 911 g/mol. The molecule has 15 N–H and O–H groups in total. The summed E-state index contributed by atoms with van der Waals surface area (Å²) < 4.78 is 175. The van der Waals surface area contributed by atoms with Crippen LogP contribution in [0.2, 0.25) is 0 Å². The Balaban J connectivity index is 0.000000294. The third kappa shape index (κ3) is 13.9. The Hall–Kier alpha value is -4.60. The van der Waals surface area contributed by atoms with Crippen LogP contribution in [0.25, 0.3) is 10.8 Å². The van der Waals surface area contributed by atoms with E-state index in [0.717, 1.165) is 12.1 Å². The number of anilines is 5. The lowest BCUT2D eigenvalue weighted by molar-refractivity contribution is 0.282. The van der Waals surface area contributed by atoms with Crippen LogP contribution < -0.4 is 28.7 Å². The van der Waals surface area contributed by atoms with E-state index in [4.69, 9.17) is 46.9 Å². The van der Waals surface area contributed by atoms with Crippen LogP contribution in [0.5, 0.6) is 5.75 Å². The molecule has 0 spiro atoms. The largest absolute Gasteiger partial charge is 0.505 e. The first-order valence-corrected chi connectivity index (χ1v) is 23.2. The fraction of sp³-hybridized carbons (Fsp3) is 0.154. The van der Waals surface area contributed by atoms with Crippen LogP contribution in [-0.4, -0.2) is 98.5 Å². The molecule has 0 unspecified atom stereocenters. The van der Waals surface area contributed by atoms with Crippen molar-refractivity contribution >= 4 is 99.9 Å². The van der Waals surface area contributed by atoms with Crippen LogP contribution in [0.1, 0.15) is 0 Å². The maximum atomic E-state index is 11.6. The molecule has 24 nitrogen and oxygen atoms in total. The summed E-state index contributed by atoms with van der Waals surface area (Å²) in [4.78, 5) is -1.61. The Kier molecular flexibility index (Phi) is 15.0. The van der Waals surface area contributed by atoms with Gasteiger partial charge in [-0.15, -0.1) is 0 Å². The highest BCUT2D eigenvalue weighted by atomic mass is 32.3. The lowest BCUT2D eigenvalue weighted by Crippen LogP contribution is -2.15. The summed E-state index contributed by atoms with van der Waals surface area (Å²) in [5.74, 6) is -1.91. The molecule has 312 valence electrons. The van der Waals surface area contributed by atoms with Crippen LogP contribution in [0, 0.1) is 0 Å². The average molecular weight is 912 g/mol. The van der Waals surface area contributed by atoms with Crippen molar-refractivity contribution < 1.29 is 82.2 Å². The van der Waals surface area contributed by atoms with E-state index in [1.165, 1.54) is 48.5 Å². The fourth-order valence-corrected chi connectivity index (χ4v) is 8.37. The zero-order valence-electron chi connectivity index (χ0n) is 27.9. The predicted octanol–water partition coefficient (Wildman–Crippen LogP) is -0.491. The van der Waals surface area contributed by atoms with Gasteiger partial charge in [0.15, 0.2) is 19.7 Å². The minimum atomic E-state index is -4.79. The molecule has 0 bridgehead atoms. The maximum Gasteiger partial charge on any atom is 0.397 e. The fourth-order valence-electron chi connectivity index (χ4n) is 4.07. The van der Waals surface area contributed by atoms with Crippen molar-refractivity contribution in [2.24, 2.45) is 0 Å². The highest BCUT2D eigenvalue weighted by Gasteiger charge is 2.25. The third-order valence-electron chi connectivity index (χ3n) is 6.65. The van der Waals surface area contributed by atoms with Crippen molar-refractivity contribution in [2.75, 3.05) is 53.4 Å². The predicted molar refractivity (Wildman–Crippen MR) is 199 cm³/mol. The van der Waals surface area contributed by atoms with Crippen molar-refractivity contribution in [1.29, 1.82) is 0 Å². The summed E-state index contributed by atoms with van der Waals surface area (Å²) in [5.41, 5.74) is 26.5. The summed E-state index contributed by atoms with van der Waals surface area (Å²) >= 11 is 0. The second-order valence-electron chi connectivity index (χ2n) is 10.7. The van der Waals surface area contributed by atoms with Crippen LogP contribution in [0.3, 0.4) is 0 Å². The van der Waals surface area contributed by atoms with Crippen LogP contribution in [0.4, 0.5) is 28.4 Å².